The van der Waals surface area contributed by atoms with Crippen molar-refractivity contribution in [2.75, 3.05) is 19.7 Å². The van der Waals surface area contributed by atoms with E-state index in [1.165, 1.54) is 12.1 Å². The molecule has 1 fully saturated rings. The predicted molar refractivity (Wildman–Crippen MR) is 66.3 cm³/mol. The van der Waals surface area contributed by atoms with Crippen LogP contribution in [0.15, 0.2) is 29.0 Å². The van der Waals surface area contributed by atoms with E-state index in [0.29, 0.717) is 12.5 Å². The van der Waals surface area contributed by atoms with Crippen LogP contribution in [-0.4, -0.2) is 35.9 Å². The van der Waals surface area contributed by atoms with Crippen molar-refractivity contribution in [2.24, 2.45) is 10.9 Å². The van der Waals surface area contributed by atoms with E-state index in [0.717, 1.165) is 32.4 Å². The van der Waals surface area contributed by atoms with Gasteiger partial charge in [-0.1, -0.05) is 6.08 Å². The van der Waals surface area contributed by atoms with Crippen molar-refractivity contribution in [3.8, 4) is 0 Å². The number of nitrogens with zero attached hydrogens (tertiary/aromatic N) is 2. The van der Waals surface area contributed by atoms with Gasteiger partial charge in [0.15, 0.2) is 0 Å². The van der Waals surface area contributed by atoms with E-state index in [9.17, 15) is 5.11 Å². The number of hydrogen-bond donors (Lipinski definition) is 1. The molecular formula is C13H20N2O. The summed E-state index contributed by atoms with van der Waals surface area (Å²) in [5.74, 6) is 0.497. The molecule has 1 saturated heterocycles. The summed E-state index contributed by atoms with van der Waals surface area (Å²) in [5.41, 5.74) is 1.29. The lowest BCUT2D eigenvalue weighted by Crippen LogP contribution is -2.23. The lowest BCUT2D eigenvalue weighted by molar-refractivity contribution is 0.212. The normalized spacial score (nSPS) is 26.2. The zero-order chi connectivity index (χ0) is 11.2. The van der Waals surface area contributed by atoms with Gasteiger partial charge in [0, 0.05) is 44.2 Å². The minimum atomic E-state index is 0.339. The van der Waals surface area contributed by atoms with Gasteiger partial charge in [0.25, 0.3) is 0 Å². The summed E-state index contributed by atoms with van der Waals surface area (Å²) in [4.78, 5) is 6.56. The van der Waals surface area contributed by atoms with Crippen molar-refractivity contribution < 1.29 is 5.11 Å². The first-order valence-electron chi connectivity index (χ1n) is 6.14. The van der Waals surface area contributed by atoms with Crippen LogP contribution in [0.25, 0.3) is 0 Å². The summed E-state index contributed by atoms with van der Waals surface area (Å²) < 4.78 is 0. The molecule has 88 valence electrons. The standard InChI is InChI=1S/C13H20N2O/c16-11-12-3-2-9-15(10-6-12)13-4-1-7-14-8-5-13/h4-5,7-8,12,16H,1-3,6,9-11H2. The number of rotatable bonds is 2. The van der Waals surface area contributed by atoms with E-state index in [4.69, 9.17) is 0 Å². The number of allylic oxidation sites excluding steroid dienone is 2. The molecule has 2 aliphatic rings. The Morgan fingerprint density at radius 1 is 1.38 bits per heavy atom. The van der Waals surface area contributed by atoms with Crippen LogP contribution >= 0.6 is 0 Å². The van der Waals surface area contributed by atoms with Crippen molar-refractivity contribution in [1.82, 2.24) is 4.90 Å². The summed E-state index contributed by atoms with van der Waals surface area (Å²) in [6.07, 6.45) is 12.5. The first kappa shape index (κ1) is 11.4. The molecule has 3 heteroatoms. The van der Waals surface area contributed by atoms with Crippen molar-refractivity contribution in [1.29, 1.82) is 0 Å². The minimum absolute atomic E-state index is 0.339. The molecule has 0 aliphatic carbocycles. The number of hydrogen-bond acceptors (Lipinski definition) is 3. The zero-order valence-corrected chi connectivity index (χ0v) is 9.68. The van der Waals surface area contributed by atoms with Gasteiger partial charge in [-0.2, -0.15) is 0 Å². The van der Waals surface area contributed by atoms with Crippen LogP contribution in [-0.2, 0) is 0 Å². The molecule has 0 radical (unpaired) electrons. The van der Waals surface area contributed by atoms with Crippen LogP contribution in [0, 0.1) is 5.92 Å². The maximum absolute atomic E-state index is 9.19. The largest absolute Gasteiger partial charge is 0.396 e. The average molecular weight is 220 g/mol. The zero-order valence-electron chi connectivity index (χ0n) is 9.68. The van der Waals surface area contributed by atoms with E-state index >= 15 is 0 Å². The number of aliphatic imine (C=N–C) groups is 1. The van der Waals surface area contributed by atoms with Crippen molar-refractivity contribution in [3.05, 3.63) is 24.0 Å². The highest BCUT2D eigenvalue weighted by Gasteiger charge is 2.16. The van der Waals surface area contributed by atoms with Gasteiger partial charge in [0.05, 0.1) is 0 Å². The molecule has 2 rings (SSSR count). The first-order valence-corrected chi connectivity index (χ1v) is 6.14. The fourth-order valence-corrected chi connectivity index (χ4v) is 2.32. The SMILES string of the molecule is OCC1CCCN(C2=CCC=NC=C2)CC1. The first-order chi connectivity index (χ1) is 7.90. The number of aliphatic hydroxyl groups is 1. The van der Waals surface area contributed by atoms with Gasteiger partial charge < -0.3 is 10.0 Å². The number of likely N-dealkylation sites (tertiary alicyclic amines) is 1. The molecule has 1 unspecified atom stereocenters. The predicted octanol–water partition coefficient (Wildman–Crippen LogP) is 1.95. The number of aliphatic hydroxyl groups excluding tert-OH is 1. The van der Waals surface area contributed by atoms with Crippen molar-refractivity contribution in [2.45, 2.75) is 25.7 Å². The summed E-state index contributed by atoms with van der Waals surface area (Å²) in [7, 11) is 0. The Kier molecular flexibility index (Phi) is 4.17. The second-order valence-corrected chi connectivity index (χ2v) is 4.48. The smallest absolute Gasteiger partial charge is 0.0459 e. The van der Waals surface area contributed by atoms with Gasteiger partial charge in [-0.3, -0.25) is 4.99 Å². The molecule has 16 heavy (non-hydrogen) atoms. The van der Waals surface area contributed by atoms with E-state index in [1.807, 2.05) is 12.4 Å². The fourth-order valence-electron chi connectivity index (χ4n) is 2.32. The van der Waals surface area contributed by atoms with E-state index in [1.54, 1.807) is 0 Å². The highest BCUT2D eigenvalue weighted by atomic mass is 16.3. The molecule has 0 aromatic carbocycles. The van der Waals surface area contributed by atoms with Gasteiger partial charge >= 0.3 is 0 Å². The van der Waals surface area contributed by atoms with Gasteiger partial charge in [-0.25, -0.2) is 0 Å². The molecule has 0 aromatic heterocycles. The van der Waals surface area contributed by atoms with E-state index in [2.05, 4.69) is 22.0 Å². The summed E-state index contributed by atoms with van der Waals surface area (Å²) >= 11 is 0. The van der Waals surface area contributed by atoms with E-state index in [-0.39, 0.29) is 0 Å². The monoisotopic (exact) mass is 220 g/mol. The molecule has 1 atom stereocenters. The molecule has 0 bridgehead atoms. The highest BCUT2D eigenvalue weighted by molar-refractivity contribution is 5.61. The Hall–Kier alpha value is -1.09. The Morgan fingerprint density at radius 3 is 3.19 bits per heavy atom. The molecule has 0 saturated carbocycles. The molecule has 0 aromatic rings. The second kappa shape index (κ2) is 5.85. The fraction of sp³-hybridized carbons (Fsp3) is 0.615. The Morgan fingerprint density at radius 2 is 2.31 bits per heavy atom. The third-order valence-electron chi connectivity index (χ3n) is 3.34. The maximum Gasteiger partial charge on any atom is 0.0459 e. The Balaban J connectivity index is 1.97. The van der Waals surface area contributed by atoms with Crippen LogP contribution < -0.4 is 0 Å². The van der Waals surface area contributed by atoms with Crippen molar-refractivity contribution in [3.63, 3.8) is 0 Å². The van der Waals surface area contributed by atoms with E-state index < -0.39 is 0 Å². The van der Waals surface area contributed by atoms with Crippen LogP contribution in [0.5, 0.6) is 0 Å². The third kappa shape index (κ3) is 2.95. The lowest BCUT2D eigenvalue weighted by atomic mass is 10.0. The molecule has 3 nitrogen and oxygen atoms in total. The molecular weight excluding hydrogens is 200 g/mol. The van der Waals surface area contributed by atoms with Gasteiger partial charge in [-0.05, 0) is 31.3 Å². The lowest BCUT2D eigenvalue weighted by Gasteiger charge is -2.23. The highest BCUT2D eigenvalue weighted by Crippen LogP contribution is 2.20. The van der Waals surface area contributed by atoms with Crippen LogP contribution in [0.3, 0.4) is 0 Å². The molecule has 2 heterocycles. The van der Waals surface area contributed by atoms with Crippen LogP contribution in [0.2, 0.25) is 0 Å². The van der Waals surface area contributed by atoms with Crippen LogP contribution in [0.1, 0.15) is 25.7 Å². The quantitative estimate of drug-likeness (QED) is 0.772. The summed E-state index contributed by atoms with van der Waals surface area (Å²) in [5, 5.41) is 9.19. The average Bonchev–Trinajstić information content (AvgIpc) is 2.71. The molecule has 0 spiro atoms. The second-order valence-electron chi connectivity index (χ2n) is 4.48. The van der Waals surface area contributed by atoms with Gasteiger partial charge in [-0.15, -0.1) is 0 Å². The molecule has 0 amide bonds. The molecule has 2 aliphatic heterocycles. The van der Waals surface area contributed by atoms with Gasteiger partial charge in [0.1, 0.15) is 0 Å². The Labute approximate surface area is 97.2 Å². The van der Waals surface area contributed by atoms with Gasteiger partial charge in [0.2, 0.25) is 0 Å². The van der Waals surface area contributed by atoms with Crippen LogP contribution in [0.4, 0.5) is 0 Å². The van der Waals surface area contributed by atoms with Crippen molar-refractivity contribution >= 4 is 6.21 Å². The summed E-state index contributed by atoms with van der Waals surface area (Å²) in [6.45, 7) is 2.50. The summed E-state index contributed by atoms with van der Waals surface area (Å²) in [6, 6.07) is 0. The third-order valence-corrected chi connectivity index (χ3v) is 3.34. The topological polar surface area (TPSA) is 35.8 Å². The molecule has 1 N–H and O–H groups in total. The Bertz CT molecular complexity index is 307. The maximum atomic E-state index is 9.19. The minimum Gasteiger partial charge on any atom is -0.396 e.